The third-order valence-electron chi connectivity index (χ3n) is 2.46. The lowest BCUT2D eigenvalue weighted by molar-refractivity contribution is 0.458. The lowest BCUT2D eigenvalue weighted by atomic mass is 10.2. The zero-order chi connectivity index (χ0) is 13.6. The van der Waals surface area contributed by atoms with Gasteiger partial charge in [0.2, 0.25) is 0 Å². The fourth-order valence-electron chi connectivity index (χ4n) is 1.63. The highest BCUT2D eigenvalue weighted by molar-refractivity contribution is 9.10. The van der Waals surface area contributed by atoms with Gasteiger partial charge in [-0.2, -0.15) is 0 Å². The van der Waals surface area contributed by atoms with E-state index in [1.54, 1.807) is 0 Å². The van der Waals surface area contributed by atoms with Crippen molar-refractivity contribution in [2.45, 2.75) is 4.90 Å². The van der Waals surface area contributed by atoms with Crippen LogP contribution in [0.5, 0.6) is 0 Å². The summed E-state index contributed by atoms with van der Waals surface area (Å²) in [6.45, 7) is 0. The first-order valence-corrected chi connectivity index (χ1v) is 7.99. The molecule has 3 rings (SSSR count). The molecular weight excluding hydrogens is 360 g/mol. The van der Waals surface area contributed by atoms with Gasteiger partial charge in [-0.05, 0) is 28.1 Å². The summed E-state index contributed by atoms with van der Waals surface area (Å²) in [6.07, 6.45) is 2.63. The van der Waals surface area contributed by atoms with Gasteiger partial charge in [0.25, 0.3) is 9.05 Å². The average Bonchev–Trinajstić information content (AvgIpc) is 2.94. The van der Waals surface area contributed by atoms with Gasteiger partial charge in [-0.25, -0.2) is 13.4 Å². The molecule has 0 aliphatic heterocycles. The Balaban J connectivity index is 2.36. The maximum Gasteiger partial charge on any atom is 0.261 e. The Hall–Kier alpha value is -1.38. The van der Waals surface area contributed by atoms with E-state index >= 15 is 0 Å². The first kappa shape index (κ1) is 12.6. The molecule has 0 saturated heterocycles. The largest absolute Gasteiger partial charge is 0.451 e. The van der Waals surface area contributed by atoms with Gasteiger partial charge < -0.3 is 8.94 Å². The van der Waals surface area contributed by atoms with Crippen molar-refractivity contribution in [3.8, 4) is 11.4 Å². The van der Waals surface area contributed by atoms with Crippen LogP contribution in [0, 0.1) is 0 Å². The predicted octanol–water partition coefficient (Wildman–Crippen LogP) is 3.17. The summed E-state index contributed by atoms with van der Waals surface area (Å²) in [7, 11) is 1.49. The van der Waals surface area contributed by atoms with Crippen LogP contribution in [-0.2, 0) is 9.05 Å². The van der Waals surface area contributed by atoms with E-state index in [1.807, 2.05) is 0 Å². The topological polar surface area (TPSA) is 86.2 Å². The Labute approximate surface area is 119 Å². The number of benzene rings is 1. The summed E-state index contributed by atoms with van der Waals surface area (Å²) in [6, 6.07) is 2.73. The maximum atomic E-state index is 11.4. The zero-order valence-electron chi connectivity index (χ0n) is 9.00. The number of fused-ring (bicyclic) bond motifs is 1. The molecular formula is C10H4BrClN2O4S. The number of aromatic nitrogens is 2. The molecule has 2 heterocycles. The molecule has 0 spiro atoms. The van der Waals surface area contributed by atoms with Crippen molar-refractivity contribution in [3.63, 3.8) is 0 Å². The molecule has 0 aliphatic rings. The third kappa shape index (κ3) is 2.15. The van der Waals surface area contributed by atoms with Crippen LogP contribution in [0.1, 0.15) is 0 Å². The van der Waals surface area contributed by atoms with Crippen LogP contribution in [-0.4, -0.2) is 18.6 Å². The minimum atomic E-state index is -3.85. The van der Waals surface area contributed by atoms with Crippen molar-refractivity contribution < 1.29 is 17.4 Å². The molecule has 98 valence electrons. The van der Waals surface area contributed by atoms with Gasteiger partial charge in [0.15, 0.2) is 12.0 Å². The lowest BCUT2D eigenvalue weighted by Gasteiger charge is -1.98. The highest BCUT2D eigenvalue weighted by Gasteiger charge is 2.20. The van der Waals surface area contributed by atoms with Gasteiger partial charge in [-0.15, -0.1) is 0 Å². The molecule has 9 heteroatoms. The second kappa shape index (κ2) is 4.32. The van der Waals surface area contributed by atoms with E-state index in [0.717, 1.165) is 0 Å². The van der Waals surface area contributed by atoms with Crippen LogP contribution in [0.15, 0.2) is 43.1 Å². The minimum Gasteiger partial charge on any atom is -0.451 e. The summed E-state index contributed by atoms with van der Waals surface area (Å²) < 4.78 is 33.3. The van der Waals surface area contributed by atoms with Gasteiger partial charge >= 0.3 is 0 Å². The Bertz CT molecular complexity index is 857. The summed E-state index contributed by atoms with van der Waals surface area (Å²) in [4.78, 5) is 3.89. The van der Waals surface area contributed by atoms with Crippen LogP contribution >= 0.6 is 26.6 Å². The van der Waals surface area contributed by atoms with E-state index in [9.17, 15) is 8.42 Å². The average molecular weight is 364 g/mol. The molecule has 1 aromatic carbocycles. The van der Waals surface area contributed by atoms with E-state index in [2.05, 4.69) is 26.1 Å². The second-order valence-electron chi connectivity index (χ2n) is 3.62. The fraction of sp³-hybridized carbons (Fsp3) is 0. The van der Waals surface area contributed by atoms with Crippen molar-refractivity contribution in [3.05, 3.63) is 29.3 Å². The van der Waals surface area contributed by atoms with Crippen LogP contribution in [0.2, 0.25) is 0 Å². The number of rotatable bonds is 2. The van der Waals surface area contributed by atoms with Gasteiger partial charge in [0, 0.05) is 10.7 Å². The third-order valence-corrected chi connectivity index (χ3v) is 4.38. The van der Waals surface area contributed by atoms with Crippen molar-refractivity contribution in [2.24, 2.45) is 0 Å². The fourth-order valence-corrected chi connectivity index (χ4v) is 3.10. The molecule has 0 radical (unpaired) electrons. The van der Waals surface area contributed by atoms with E-state index < -0.39 is 9.05 Å². The van der Waals surface area contributed by atoms with Gasteiger partial charge in [0.1, 0.15) is 17.7 Å². The molecule has 0 unspecified atom stereocenters. The van der Waals surface area contributed by atoms with Crippen LogP contribution < -0.4 is 0 Å². The summed E-state index contributed by atoms with van der Waals surface area (Å²) in [5, 5.41) is 4.33. The second-order valence-corrected chi connectivity index (χ2v) is 7.04. The molecule has 0 fully saturated rings. The molecule has 19 heavy (non-hydrogen) atoms. The molecule has 0 N–H and O–H groups in total. The molecule has 0 bridgehead atoms. The first-order chi connectivity index (χ1) is 8.97. The van der Waals surface area contributed by atoms with Crippen LogP contribution in [0.4, 0.5) is 0 Å². The van der Waals surface area contributed by atoms with Crippen LogP contribution in [0.25, 0.3) is 22.4 Å². The Kier molecular flexibility index (Phi) is 2.88. The molecule has 0 atom stereocenters. The number of oxazole rings is 1. The molecule has 0 saturated carbocycles. The molecule has 3 aromatic rings. The molecule has 0 aliphatic carbocycles. The van der Waals surface area contributed by atoms with E-state index in [0.29, 0.717) is 26.8 Å². The number of hydrogen-bond donors (Lipinski definition) is 0. The van der Waals surface area contributed by atoms with Crippen molar-refractivity contribution in [1.82, 2.24) is 10.1 Å². The standard InChI is InChI=1S/C10H4BrClN2O4S/c11-7-2-5(19(12,15)16)1-6-9(14-18-10(6)7)8-3-17-4-13-8/h1-4H. The van der Waals surface area contributed by atoms with Gasteiger partial charge in [-0.1, -0.05) is 5.16 Å². The number of hydrogen-bond acceptors (Lipinski definition) is 6. The van der Waals surface area contributed by atoms with E-state index in [4.69, 9.17) is 19.6 Å². The Morgan fingerprint density at radius 3 is 2.74 bits per heavy atom. The van der Waals surface area contributed by atoms with Crippen molar-refractivity contribution >= 4 is 46.6 Å². The van der Waals surface area contributed by atoms with E-state index in [-0.39, 0.29) is 4.90 Å². The summed E-state index contributed by atoms with van der Waals surface area (Å²) >= 11 is 3.22. The number of nitrogens with zero attached hydrogens (tertiary/aromatic N) is 2. The summed E-state index contributed by atoms with van der Waals surface area (Å²) in [5.74, 6) is 0. The lowest BCUT2D eigenvalue weighted by Crippen LogP contribution is -1.90. The van der Waals surface area contributed by atoms with Crippen LogP contribution in [0.3, 0.4) is 0 Å². The zero-order valence-corrected chi connectivity index (χ0v) is 12.2. The SMILES string of the molecule is O=S(=O)(Cl)c1cc(Br)c2onc(-c3cocn3)c2c1. The van der Waals surface area contributed by atoms with Crippen molar-refractivity contribution in [2.75, 3.05) is 0 Å². The smallest absolute Gasteiger partial charge is 0.261 e. The monoisotopic (exact) mass is 362 g/mol. The van der Waals surface area contributed by atoms with Crippen molar-refractivity contribution in [1.29, 1.82) is 0 Å². The quantitative estimate of drug-likeness (QED) is 0.650. The Morgan fingerprint density at radius 1 is 1.32 bits per heavy atom. The summed E-state index contributed by atoms with van der Waals surface area (Å²) in [5.41, 5.74) is 1.23. The molecule has 2 aromatic heterocycles. The molecule has 6 nitrogen and oxygen atoms in total. The minimum absolute atomic E-state index is 0.0542. The first-order valence-electron chi connectivity index (χ1n) is 4.89. The van der Waals surface area contributed by atoms with Gasteiger partial charge in [0.05, 0.1) is 14.8 Å². The van der Waals surface area contributed by atoms with E-state index in [1.165, 1.54) is 24.8 Å². The highest BCUT2D eigenvalue weighted by atomic mass is 79.9. The number of halogens is 2. The predicted molar refractivity (Wildman–Crippen MR) is 70.2 cm³/mol. The highest BCUT2D eigenvalue weighted by Crippen LogP contribution is 2.34. The maximum absolute atomic E-state index is 11.4. The Morgan fingerprint density at radius 2 is 2.11 bits per heavy atom. The van der Waals surface area contributed by atoms with Gasteiger partial charge in [-0.3, -0.25) is 0 Å². The molecule has 0 amide bonds. The normalized spacial score (nSPS) is 12.1.